The van der Waals surface area contributed by atoms with E-state index in [1.807, 2.05) is 11.8 Å². The average molecular weight is 276 g/mol. The van der Waals surface area contributed by atoms with Gasteiger partial charge in [-0.2, -0.15) is 0 Å². The lowest BCUT2D eigenvalue weighted by molar-refractivity contribution is 0.316. The van der Waals surface area contributed by atoms with Crippen molar-refractivity contribution < 1.29 is 0 Å². The van der Waals surface area contributed by atoms with Gasteiger partial charge in [-0.25, -0.2) is 0 Å². The summed E-state index contributed by atoms with van der Waals surface area (Å²) < 4.78 is 0. The van der Waals surface area contributed by atoms with Gasteiger partial charge in [0.25, 0.3) is 0 Å². The normalized spacial score (nSPS) is 20.1. The maximum atomic E-state index is 4.87. The molecule has 1 aromatic rings. The van der Waals surface area contributed by atoms with Crippen LogP contribution in [0.2, 0.25) is 0 Å². The second-order valence-electron chi connectivity index (χ2n) is 6.38. The molecule has 3 heteroatoms. The van der Waals surface area contributed by atoms with Gasteiger partial charge in [0.1, 0.15) is 0 Å². The Balaban J connectivity index is 2.14. The lowest BCUT2D eigenvalue weighted by atomic mass is 9.85. The third-order valence-electron chi connectivity index (χ3n) is 3.66. The van der Waals surface area contributed by atoms with Crippen LogP contribution in [0, 0.1) is 19.3 Å². The van der Waals surface area contributed by atoms with Crippen LogP contribution in [0.3, 0.4) is 0 Å². The molecular weight excluding hydrogens is 252 g/mol. The number of amidine groups is 1. The SMILES string of the molecule is Cc1ccc(NC2=NC(C(C)(C)C)CCS2)cc1C. The summed E-state index contributed by atoms with van der Waals surface area (Å²) in [5, 5.41) is 4.53. The summed E-state index contributed by atoms with van der Waals surface area (Å²) >= 11 is 1.83. The average Bonchev–Trinajstić information content (AvgIpc) is 2.33. The number of rotatable bonds is 1. The van der Waals surface area contributed by atoms with Gasteiger partial charge < -0.3 is 5.32 Å². The number of aliphatic imine (C=N–C) groups is 1. The van der Waals surface area contributed by atoms with Crippen molar-refractivity contribution in [1.82, 2.24) is 0 Å². The van der Waals surface area contributed by atoms with E-state index in [0.29, 0.717) is 6.04 Å². The van der Waals surface area contributed by atoms with Gasteiger partial charge in [-0.1, -0.05) is 38.6 Å². The van der Waals surface area contributed by atoms with Crippen molar-refractivity contribution in [1.29, 1.82) is 0 Å². The van der Waals surface area contributed by atoms with E-state index in [2.05, 4.69) is 58.1 Å². The summed E-state index contributed by atoms with van der Waals surface area (Å²) in [6.45, 7) is 11.1. The van der Waals surface area contributed by atoms with E-state index >= 15 is 0 Å². The molecule has 0 aliphatic carbocycles. The summed E-state index contributed by atoms with van der Waals surface area (Å²) in [5.74, 6) is 1.15. The van der Waals surface area contributed by atoms with Gasteiger partial charge in [0.05, 0.1) is 6.04 Å². The molecule has 2 rings (SSSR count). The summed E-state index contributed by atoms with van der Waals surface area (Å²) in [4.78, 5) is 4.87. The second kappa shape index (κ2) is 5.58. The first-order chi connectivity index (χ1) is 8.86. The molecule has 0 fully saturated rings. The van der Waals surface area contributed by atoms with Crippen LogP contribution in [0.4, 0.5) is 5.69 Å². The molecule has 1 aliphatic heterocycles. The van der Waals surface area contributed by atoms with Gasteiger partial charge >= 0.3 is 0 Å². The topological polar surface area (TPSA) is 24.4 Å². The number of hydrogen-bond acceptors (Lipinski definition) is 3. The van der Waals surface area contributed by atoms with Crippen LogP contribution in [0.25, 0.3) is 0 Å². The molecule has 0 amide bonds. The quantitative estimate of drug-likeness (QED) is 0.809. The molecule has 2 nitrogen and oxygen atoms in total. The van der Waals surface area contributed by atoms with Gasteiger partial charge in [-0.3, -0.25) is 4.99 Å². The molecule has 0 aromatic heterocycles. The molecule has 0 saturated heterocycles. The van der Waals surface area contributed by atoms with E-state index in [1.165, 1.54) is 17.5 Å². The molecular formula is C16H24N2S. The predicted octanol–water partition coefficient (Wildman–Crippen LogP) is 4.62. The Morgan fingerprint density at radius 3 is 2.58 bits per heavy atom. The van der Waals surface area contributed by atoms with Gasteiger partial charge in [-0.05, 0) is 48.9 Å². The molecule has 1 aliphatic rings. The zero-order chi connectivity index (χ0) is 14.0. The molecule has 19 heavy (non-hydrogen) atoms. The van der Waals surface area contributed by atoms with Crippen LogP contribution in [-0.2, 0) is 0 Å². The van der Waals surface area contributed by atoms with Crippen LogP contribution in [-0.4, -0.2) is 17.0 Å². The van der Waals surface area contributed by atoms with Crippen molar-refractivity contribution in [2.45, 2.75) is 47.1 Å². The van der Waals surface area contributed by atoms with Crippen molar-refractivity contribution >= 4 is 22.6 Å². The predicted molar refractivity (Wildman–Crippen MR) is 87.3 cm³/mol. The van der Waals surface area contributed by atoms with Crippen LogP contribution in [0.5, 0.6) is 0 Å². The number of nitrogens with one attached hydrogen (secondary N) is 1. The van der Waals surface area contributed by atoms with Crippen LogP contribution in [0.1, 0.15) is 38.3 Å². The number of nitrogens with zero attached hydrogens (tertiary/aromatic N) is 1. The largest absolute Gasteiger partial charge is 0.335 e. The van der Waals surface area contributed by atoms with Crippen molar-refractivity contribution in [2.24, 2.45) is 10.4 Å². The Labute approximate surface area is 121 Å². The summed E-state index contributed by atoms with van der Waals surface area (Å²) in [6.07, 6.45) is 1.17. The first kappa shape index (κ1) is 14.4. The molecule has 1 atom stereocenters. The monoisotopic (exact) mass is 276 g/mol. The zero-order valence-electron chi connectivity index (χ0n) is 12.6. The van der Waals surface area contributed by atoms with Gasteiger partial charge in [0, 0.05) is 11.4 Å². The Bertz CT molecular complexity index is 486. The fraction of sp³-hybridized carbons (Fsp3) is 0.562. The van der Waals surface area contributed by atoms with E-state index in [9.17, 15) is 0 Å². The van der Waals surface area contributed by atoms with Crippen LogP contribution < -0.4 is 5.32 Å². The van der Waals surface area contributed by atoms with Crippen molar-refractivity contribution in [2.75, 3.05) is 11.1 Å². The fourth-order valence-corrected chi connectivity index (χ4v) is 3.07. The van der Waals surface area contributed by atoms with Gasteiger partial charge in [0.2, 0.25) is 0 Å². The highest BCUT2D eigenvalue weighted by Crippen LogP contribution is 2.31. The lowest BCUT2D eigenvalue weighted by Crippen LogP contribution is -2.30. The summed E-state index contributed by atoms with van der Waals surface area (Å²) in [6, 6.07) is 6.90. The minimum absolute atomic E-state index is 0.247. The molecule has 0 radical (unpaired) electrons. The highest BCUT2D eigenvalue weighted by atomic mass is 32.2. The third-order valence-corrected chi connectivity index (χ3v) is 4.58. The van der Waals surface area contributed by atoms with E-state index in [4.69, 9.17) is 4.99 Å². The number of hydrogen-bond donors (Lipinski definition) is 1. The smallest absolute Gasteiger partial charge is 0.161 e. The molecule has 1 unspecified atom stereocenters. The fourth-order valence-electron chi connectivity index (χ4n) is 2.15. The maximum Gasteiger partial charge on any atom is 0.161 e. The zero-order valence-corrected chi connectivity index (χ0v) is 13.4. The second-order valence-corrected chi connectivity index (χ2v) is 7.46. The number of benzene rings is 1. The van der Waals surface area contributed by atoms with Crippen molar-refractivity contribution in [3.63, 3.8) is 0 Å². The molecule has 104 valence electrons. The first-order valence-electron chi connectivity index (χ1n) is 6.91. The van der Waals surface area contributed by atoms with Crippen molar-refractivity contribution in [3.05, 3.63) is 29.3 Å². The van der Waals surface area contributed by atoms with Crippen molar-refractivity contribution in [3.8, 4) is 0 Å². The molecule has 1 N–H and O–H groups in total. The number of anilines is 1. The first-order valence-corrected chi connectivity index (χ1v) is 7.90. The molecule has 1 aromatic carbocycles. The maximum absolute atomic E-state index is 4.87. The Morgan fingerprint density at radius 1 is 1.21 bits per heavy atom. The van der Waals surface area contributed by atoms with Crippen LogP contribution >= 0.6 is 11.8 Å². The highest BCUT2D eigenvalue weighted by Gasteiger charge is 2.27. The van der Waals surface area contributed by atoms with Gasteiger partial charge in [0.15, 0.2) is 5.17 Å². The van der Waals surface area contributed by atoms with E-state index in [1.54, 1.807) is 0 Å². The standard InChI is InChI=1S/C16H24N2S/c1-11-6-7-13(10-12(11)2)17-15-18-14(8-9-19-15)16(3,4)5/h6-7,10,14H,8-9H2,1-5H3,(H,17,18). The molecule has 1 heterocycles. The summed E-state index contributed by atoms with van der Waals surface area (Å²) in [7, 11) is 0. The Hall–Kier alpha value is -0.960. The minimum atomic E-state index is 0.247. The lowest BCUT2D eigenvalue weighted by Gasteiger charge is -2.31. The van der Waals surface area contributed by atoms with E-state index < -0.39 is 0 Å². The Kier molecular flexibility index (Phi) is 4.24. The summed E-state index contributed by atoms with van der Waals surface area (Å²) in [5.41, 5.74) is 4.04. The molecule has 0 spiro atoms. The minimum Gasteiger partial charge on any atom is -0.335 e. The number of aryl methyl sites for hydroxylation is 2. The van der Waals surface area contributed by atoms with Crippen LogP contribution in [0.15, 0.2) is 23.2 Å². The van der Waals surface area contributed by atoms with Gasteiger partial charge in [-0.15, -0.1) is 0 Å². The molecule has 0 saturated carbocycles. The number of thioether (sulfide) groups is 1. The highest BCUT2D eigenvalue weighted by molar-refractivity contribution is 8.14. The third kappa shape index (κ3) is 3.75. The van der Waals surface area contributed by atoms with E-state index in [0.717, 1.165) is 16.6 Å². The van der Waals surface area contributed by atoms with E-state index in [-0.39, 0.29) is 5.41 Å². The Morgan fingerprint density at radius 2 is 1.95 bits per heavy atom. The molecule has 0 bridgehead atoms.